The number of methoxy groups -OCH3 is 1. The number of rotatable bonds is 3. The Bertz CT molecular complexity index is 594. The zero-order valence-corrected chi connectivity index (χ0v) is 9.88. The first-order valence-corrected chi connectivity index (χ1v) is 5.38. The maximum Gasteiger partial charge on any atom is 0.168 e. The predicted octanol–water partition coefficient (Wildman–Crippen LogP) is 2.46. The van der Waals surface area contributed by atoms with Gasteiger partial charge in [-0.2, -0.15) is 0 Å². The quantitative estimate of drug-likeness (QED) is 0.641. The lowest BCUT2D eigenvalue weighted by atomic mass is 10.0. The molecule has 0 fully saturated rings. The standard InChI is InChI=1S/C14H13NO3/c1-18-13-7-9(6-10(8-16)14(13)17)11-4-2-3-5-12(11)15/h2-8,17H,15H2,1H3. The number of hydrogen-bond donors (Lipinski definition) is 2. The number of hydrogen-bond acceptors (Lipinski definition) is 4. The summed E-state index contributed by atoms with van der Waals surface area (Å²) in [6, 6.07) is 10.5. The molecule has 18 heavy (non-hydrogen) atoms. The van der Waals surface area contributed by atoms with E-state index in [-0.39, 0.29) is 17.1 Å². The van der Waals surface area contributed by atoms with Crippen LogP contribution >= 0.6 is 0 Å². The molecule has 92 valence electrons. The van der Waals surface area contributed by atoms with Gasteiger partial charge in [0, 0.05) is 11.3 Å². The van der Waals surface area contributed by atoms with Crippen LogP contribution < -0.4 is 10.5 Å². The van der Waals surface area contributed by atoms with E-state index in [1.165, 1.54) is 7.11 Å². The van der Waals surface area contributed by atoms with Crippen molar-refractivity contribution in [3.63, 3.8) is 0 Å². The van der Waals surface area contributed by atoms with Gasteiger partial charge >= 0.3 is 0 Å². The molecule has 0 radical (unpaired) electrons. The van der Waals surface area contributed by atoms with Crippen molar-refractivity contribution in [3.8, 4) is 22.6 Å². The van der Waals surface area contributed by atoms with Crippen molar-refractivity contribution in [1.82, 2.24) is 0 Å². The van der Waals surface area contributed by atoms with Crippen LogP contribution in [0.15, 0.2) is 36.4 Å². The second-order valence-electron chi connectivity index (χ2n) is 3.82. The summed E-state index contributed by atoms with van der Waals surface area (Å²) in [5.41, 5.74) is 8.17. The number of nitrogens with two attached hydrogens (primary N) is 1. The monoisotopic (exact) mass is 243 g/mol. The molecule has 0 unspecified atom stereocenters. The van der Waals surface area contributed by atoms with Crippen molar-refractivity contribution in [2.24, 2.45) is 0 Å². The van der Waals surface area contributed by atoms with Crippen LogP contribution in [-0.4, -0.2) is 18.5 Å². The van der Waals surface area contributed by atoms with E-state index in [2.05, 4.69) is 0 Å². The van der Waals surface area contributed by atoms with Crippen LogP contribution in [0, 0.1) is 0 Å². The van der Waals surface area contributed by atoms with Crippen molar-refractivity contribution >= 4 is 12.0 Å². The molecule has 4 nitrogen and oxygen atoms in total. The first-order chi connectivity index (χ1) is 8.67. The van der Waals surface area contributed by atoms with Crippen molar-refractivity contribution in [2.45, 2.75) is 0 Å². The third-order valence-electron chi connectivity index (χ3n) is 2.72. The molecule has 2 rings (SSSR count). The molecule has 0 aromatic heterocycles. The molecule has 2 aromatic rings. The summed E-state index contributed by atoms with van der Waals surface area (Å²) in [7, 11) is 1.43. The Kier molecular flexibility index (Phi) is 3.19. The summed E-state index contributed by atoms with van der Waals surface area (Å²) < 4.78 is 5.04. The summed E-state index contributed by atoms with van der Waals surface area (Å²) in [4.78, 5) is 10.9. The van der Waals surface area contributed by atoms with Crippen molar-refractivity contribution < 1.29 is 14.6 Å². The highest BCUT2D eigenvalue weighted by Crippen LogP contribution is 2.36. The van der Waals surface area contributed by atoms with E-state index in [0.29, 0.717) is 12.0 Å². The van der Waals surface area contributed by atoms with Gasteiger partial charge in [0.1, 0.15) is 0 Å². The van der Waals surface area contributed by atoms with Gasteiger partial charge in [-0.05, 0) is 23.8 Å². The summed E-state index contributed by atoms with van der Waals surface area (Å²) in [6.45, 7) is 0. The number of carbonyl (C=O) groups is 1. The van der Waals surface area contributed by atoms with Gasteiger partial charge in [0.2, 0.25) is 0 Å². The third kappa shape index (κ3) is 2.00. The minimum atomic E-state index is -0.161. The number of phenols is 1. The molecular formula is C14H13NO3. The van der Waals surface area contributed by atoms with E-state index in [9.17, 15) is 9.90 Å². The normalized spacial score (nSPS) is 10.1. The summed E-state index contributed by atoms with van der Waals surface area (Å²) >= 11 is 0. The van der Waals surface area contributed by atoms with E-state index in [1.807, 2.05) is 18.2 Å². The first-order valence-electron chi connectivity index (χ1n) is 5.38. The molecule has 0 amide bonds. The summed E-state index contributed by atoms with van der Waals surface area (Å²) in [5.74, 6) is 0.0867. The number of nitrogen functional groups attached to an aromatic ring is 1. The van der Waals surface area contributed by atoms with Gasteiger partial charge < -0.3 is 15.6 Å². The number of aldehydes is 1. The van der Waals surface area contributed by atoms with Crippen LogP contribution in [-0.2, 0) is 0 Å². The average molecular weight is 243 g/mol. The predicted molar refractivity (Wildman–Crippen MR) is 69.9 cm³/mol. The molecule has 0 heterocycles. The lowest BCUT2D eigenvalue weighted by Crippen LogP contribution is -1.93. The fourth-order valence-corrected chi connectivity index (χ4v) is 1.79. The second-order valence-corrected chi connectivity index (χ2v) is 3.82. The number of anilines is 1. The molecule has 3 N–H and O–H groups in total. The van der Waals surface area contributed by atoms with E-state index >= 15 is 0 Å². The topological polar surface area (TPSA) is 72.5 Å². The summed E-state index contributed by atoms with van der Waals surface area (Å²) in [5, 5.41) is 9.74. The molecule has 4 heteroatoms. The Morgan fingerprint density at radius 3 is 2.61 bits per heavy atom. The van der Waals surface area contributed by atoms with Crippen LogP contribution in [0.25, 0.3) is 11.1 Å². The number of benzene rings is 2. The highest BCUT2D eigenvalue weighted by Gasteiger charge is 2.12. The van der Waals surface area contributed by atoms with Gasteiger partial charge in [-0.25, -0.2) is 0 Å². The van der Waals surface area contributed by atoms with Crippen LogP contribution in [0.2, 0.25) is 0 Å². The minimum absolute atomic E-state index is 0.161. The van der Waals surface area contributed by atoms with Crippen LogP contribution in [0.3, 0.4) is 0 Å². The second kappa shape index (κ2) is 4.79. The van der Waals surface area contributed by atoms with Crippen LogP contribution in [0.4, 0.5) is 5.69 Å². The zero-order valence-electron chi connectivity index (χ0n) is 9.88. The Morgan fingerprint density at radius 1 is 1.28 bits per heavy atom. The van der Waals surface area contributed by atoms with Gasteiger partial charge in [0.15, 0.2) is 17.8 Å². The van der Waals surface area contributed by atoms with Gasteiger partial charge in [0.05, 0.1) is 12.7 Å². The Morgan fingerprint density at radius 2 is 2.00 bits per heavy atom. The summed E-state index contributed by atoms with van der Waals surface area (Å²) in [6.07, 6.45) is 0.584. The van der Waals surface area contributed by atoms with E-state index in [4.69, 9.17) is 10.5 Å². The number of para-hydroxylation sites is 1. The van der Waals surface area contributed by atoms with E-state index in [0.717, 1.165) is 11.1 Å². The van der Waals surface area contributed by atoms with Crippen LogP contribution in [0.1, 0.15) is 10.4 Å². The van der Waals surface area contributed by atoms with E-state index < -0.39 is 0 Å². The molecule has 0 aliphatic carbocycles. The molecule has 0 saturated carbocycles. The maximum absolute atomic E-state index is 10.9. The SMILES string of the molecule is COc1cc(-c2ccccc2N)cc(C=O)c1O. The fraction of sp³-hybridized carbons (Fsp3) is 0.0714. The first kappa shape index (κ1) is 12.0. The molecule has 0 atom stereocenters. The number of phenolic OH excluding ortho intramolecular Hbond substituents is 1. The minimum Gasteiger partial charge on any atom is -0.504 e. The molecular weight excluding hydrogens is 230 g/mol. The number of ether oxygens (including phenoxy) is 1. The van der Waals surface area contributed by atoms with Gasteiger partial charge in [0.25, 0.3) is 0 Å². The Balaban J connectivity index is 2.66. The van der Waals surface area contributed by atoms with E-state index in [1.54, 1.807) is 18.2 Å². The molecule has 0 aliphatic rings. The zero-order chi connectivity index (χ0) is 13.1. The average Bonchev–Trinajstić information content (AvgIpc) is 2.40. The number of aromatic hydroxyl groups is 1. The maximum atomic E-state index is 10.9. The van der Waals surface area contributed by atoms with Gasteiger partial charge in [-0.1, -0.05) is 18.2 Å². The third-order valence-corrected chi connectivity index (χ3v) is 2.72. The van der Waals surface area contributed by atoms with Crippen molar-refractivity contribution in [3.05, 3.63) is 42.0 Å². The molecule has 0 aliphatic heterocycles. The fourth-order valence-electron chi connectivity index (χ4n) is 1.79. The molecule has 0 spiro atoms. The Hall–Kier alpha value is -2.49. The highest BCUT2D eigenvalue weighted by molar-refractivity contribution is 5.87. The smallest absolute Gasteiger partial charge is 0.168 e. The van der Waals surface area contributed by atoms with Gasteiger partial charge in [-0.3, -0.25) is 4.79 Å². The molecule has 0 bridgehead atoms. The molecule has 2 aromatic carbocycles. The lowest BCUT2D eigenvalue weighted by Gasteiger charge is -2.10. The lowest BCUT2D eigenvalue weighted by molar-refractivity contribution is 0.112. The largest absolute Gasteiger partial charge is 0.504 e. The highest BCUT2D eigenvalue weighted by atomic mass is 16.5. The Labute approximate surface area is 105 Å². The van der Waals surface area contributed by atoms with Gasteiger partial charge in [-0.15, -0.1) is 0 Å². The number of carbonyl (C=O) groups excluding carboxylic acids is 1. The molecule has 0 saturated heterocycles. The van der Waals surface area contributed by atoms with Crippen molar-refractivity contribution in [1.29, 1.82) is 0 Å². The van der Waals surface area contributed by atoms with Crippen molar-refractivity contribution in [2.75, 3.05) is 12.8 Å². The van der Waals surface area contributed by atoms with Crippen LogP contribution in [0.5, 0.6) is 11.5 Å².